The Labute approximate surface area is 93.7 Å². The van der Waals surface area contributed by atoms with Gasteiger partial charge in [0.15, 0.2) is 0 Å². The second kappa shape index (κ2) is 5.48. The lowest BCUT2D eigenvalue weighted by molar-refractivity contribution is -0.138. The first-order chi connectivity index (χ1) is 7.56. The van der Waals surface area contributed by atoms with Gasteiger partial charge in [-0.3, -0.25) is 4.79 Å². The summed E-state index contributed by atoms with van der Waals surface area (Å²) in [5.74, 6) is -1.05. The third kappa shape index (κ3) is 2.95. The van der Waals surface area contributed by atoms with Gasteiger partial charge in [-0.2, -0.15) is 0 Å². The topological polar surface area (TPSA) is 110 Å². The lowest BCUT2D eigenvalue weighted by atomic mass is 10.00. The van der Waals surface area contributed by atoms with Crippen molar-refractivity contribution in [2.24, 2.45) is 5.73 Å². The molecule has 0 fully saturated rings. The molecule has 0 radical (unpaired) electrons. The van der Waals surface area contributed by atoms with Gasteiger partial charge in [-0.25, -0.2) is 0 Å². The maximum atomic E-state index is 10.6. The second-order valence-corrected chi connectivity index (χ2v) is 3.61. The van der Waals surface area contributed by atoms with E-state index in [1.165, 1.54) is 0 Å². The van der Waals surface area contributed by atoms with Crippen LogP contribution in [0.15, 0.2) is 18.2 Å². The van der Waals surface area contributed by atoms with Crippen LogP contribution in [0.4, 0.5) is 5.69 Å². The minimum atomic E-state index is -1.05. The minimum absolute atomic E-state index is 0.0125. The first-order valence-corrected chi connectivity index (χ1v) is 5.01. The van der Waals surface area contributed by atoms with Crippen molar-refractivity contribution in [1.82, 2.24) is 0 Å². The number of carboxylic acid groups (broad SMARTS) is 1. The van der Waals surface area contributed by atoms with Crippen LogP contribution in [0.5, 0.6) is 0 Å². The van der Waals surface area contributed by atoms with Crippen LogP contribution in [-0.2, 0) is 17.6 Å². The van der Waals surface area contributed by atoms with Crippen LogP contribution in [0.2, 0.25) is 0 Å². The smallest absolute Gasteiger partial charge is 0.320 e. The summed E-state index contributed by atoms with van der Waals surface area (Å²) in [5, 5.41) is 17.5. The first kappa shape index (κ1) is 12.5. The molecule has 1 atom stereocenters. The molecular formula is C11H16N2O3. The monoisotopic (exact) mass is 224 g/mol. The Hall–Kier alpha value is -1.59. The first-order valence-electron chi connectivity index (χ1n) is 5.01. The molecule has 16 heavy (non-hydrogen) atoms. The molecular weight excluding hydrogens is 208 g/mol. The molecule has 1 rings (SSSR count). The zero-order chi connectivity index (χ0) is 12.1. The van der Waals surface area contributed by atoms with Gasteiger partial charge in [-0.15, -0.1) is 0 Å². The summed E-state index contributed by atoms with van der Waals surface area (Å²) < 4.78 is 0. The lowest BCUT2D eigenvalue weighted by Crippen LogP contribution is -2.32. The fourth-order valence-electron chi connectivity index (χ4n) is 1.51. The van der Waals surface area contributed by atoms with E-state index in [1.54, 1.807) is 18.2 Å². The normalized spacial score (nSPS) is 12.4. The Kier molecular flexibility index (Phi) is 4.28. The highest BCUT2D eigenvalue weighted by molar-refractivity contribution is 5.74. The van der Waals surface area contributed by atoms with Gasteiger partial charge in [-0.1, -0.05) is 18.2 Å². The van der Waals surface area contributed by atoms with Crippen LogP contribution < -0.4 is 11.5 Å². The summed E-state index contributed by atoms with van der Waals surface area (Å²) in [6.45, 7) is 0.0125. The molecule has 0 aromatic heterocycles. The summed E-state index contributed by atoms with van der Waals surface area (Å²) in [5.41, 5.74) is 13.3. The summed E-state index contributed by atoms with van der Waals surface area (Å²) in [6, 6.07) is 4.39. The van der Waals surface area contributed by atoms with Crippen LogP contribution in [0, 0.1) is 0 Å². The molecule has 5 heteroatoms. The van der Waals surface area contributed by atoms with Crippen molar-refractivity contribution in [3.05, 3.63) is 29.3 Å². The minimum Gasteiger partial charge on any atom is -0.480 e. The number of hydrogen-bond acceptors (Lipinski definition) is 4. The molecule has 0 saturated carbocycles. The van der Waals surface area contributed by atoms with Crippen molar-refractivity contribution in [2.75, 3.05) is 12.3 Å². The number of anilines is 1. The number of benzene rings is 1. The van der Waals surface area contributed by atoms with E-state index in [0.29, 0.717) is 17.7 Å². The van der Waals surface area contributed by atoms with Crippen LogP contribution in [-0.4, -0.2) is 28.8 Å². The average Bonchev–Trinajstić information content (AvgIpc) is 2.24. The van der Waals surface area contributed by atoms with Crippen molar-refractivity contribution >= 4 is 11.7 Å². The molecule has 0 spiro atoms. The molecule has 0 heterocycles. The fraction of sp³-hybridized carbons (Fsp3) is 0.364. The van der Waals surface area contributed by atoms with E-state index in [2.05, 4.69) is 0 Å². The number of aliphatic hydroxyl groups is 1. The largest absolute Gasteiger partial charge is 0.480 e. The van der Waals surface area contributed by atoms with Crippen LogP contribution in [0.25, 0.3) is 0 Å². The van der Waals surface area contributed by atoms with E-state index in [-0.39, 0.29) is 13.0 Å². The molecule has 88 valence electrons. The number of carbonyl (C=O) groups is 1. The molecule has 6 N–H and O–H groups in total. The molecule has 0 unspecified atom stereocenters. The Morgan fingerprint density at radius 1 is 1.38 bits per heavy atom. The number of nitrogen functional groups attached to an aromatic ring is 1. The SMILES string of the molecule is Nc1c(CCO)cccc1C[C@H](N)C(=O)O. The summed E-state index contributed by atoms with van der Waals surface area (Å²) in [4.78, 5) is 10.6. The quantitative estimate of drug-likeness (QED) is 0.516. The highest BCUT2D eigenvalue weighted by Gasteiger charge is 2.14. The molecule has 0 aliphatic heterocycles. The van der Waals surface area contributed by atoms with E-state index in [4.69, 9.17) is 21.7 Å². The average molecular weight is 224 g/mol. The standard InChI is InChI=1S/C11H16N2O3/c12-9(11(15)16)6-8-3-1-2-7(4-5-14)10(8)13/h1-3,9,14H,4-6,12-13H2,(H,15,16)/t9-/m0/s1. The molecule has 5 nitrogen and oxygen atoms in total. The van der Waals surface area contributed by atoms with Gasteiger partial charge in [0.1, 0.15) is 6.04 Å². The van der Waals surface area contributed by atoms with Gasteiger partial charge in [0.25, 0.3) is 0 Å². The maximum absolute atomic E-state index is 10.6. The Bertz CT molecular complexity index is 379. The van der Waals surface area contributed by atoms with E-state index in [0.717, 1.165) is 5.56 Å². The molecule has 0 aliphatic carbocycles. The van der Waals surface area contributed by atoms with Crippen molar-refractivity contribution in [1.29, 1.82) is 0 Å². The number of carboxylic acids is 1. The number of rotatable bonds is 5. The van der Waals surface area contributed by atoms with Gasteiger partial charge in [-0.05, 0) is 17.5 Å². The number of para-hydroxylation sites is 1. The van der Waals surface area contributed by atoms with Crippen molar-refractivity contribution in [3.63, 3.8) is 0 Å². The Balaban J connectivity index is 2.88. The third-order valence-electron chi connectivity index (χ3n) is 2.42. The zero-order valence-corrected chi connectivity index (χ0v) is 8.89. The molecule has 0 amide bonds. The predicted octanol–water partition coefficient (Wildman–Crippen LogP) is -0.242. The zero-order valence-electron chi connectivity index (χ0n) is 8.89. The number of hydrogen-bond donors (Lipinski definition) is 4. The molecule has 1 aromatic rings. The summed E-state index contributed by atoms with van der Waals surface area (Å²) in [6.07, 6.45) is 0.655. The Morgan fingerprint density at radius 2 is 2.00 bits per heavy atom. The van der Waals surface area contributed by atoms with Gasteiger partial charge >= 0.3 is 5.97 Å². The maximum Gasteiger partial charge on any atom is 0.320 e. The highest BCUT2D eigenvalue weighted by atomic mass is 16.4. The molecule has 1 aromatic carbocycles. The summed E-state index contributed by atoms with van der Waals surface area (Å²) in [7, 11) is 0. The summed E-state index contributed by atoms with van der Waals surface area (Å²) >= 11 is 0. The van der Waals surface area contributed by atoms with Crippen LogP contribution >= 0.6 is 0 Å². The fourth-order valence-corrected chi connectivity index (χ4v) is 1.51. The predicted molar refractivity (Wildman–Crippen MR) is 61.0 cm³/mol. The van der Waals surface area contributed by atoms with Gasteiger partial charge in [0.05, 0.1) is 0 Å². The van der Waals surface area contributed by atoms with E-state index in [1.807, 2.05) is 0 Å². The highest BCUT2D eigenvalue weighted by Crippen LogP contribution is 2.19. The number of aliphatic carboxylic acids is 1. The van der Waals surface area contributed by atoms with Crippen molar-refractivity contribution < 1.29 is 15.0 Å². The van der Waals surface area contributed by atoms with Gasteiger partial charge < -0.3 is 21.7 Å². The molecule has 0 saturated heterocycles. The number of aliphatic hydroxyl groups excluding tert-OH is 1. The lowest BCUT2D eigenvalue weighted by Gasteiger charge is -2.12. The van der Waals surface area contributed by atoms with E-state index < -0.39 is 12.0 Å². The molecule has 0 aliphatic rings. The van der Waals surface area contributed by atoms with E-state index >= 15 is 0 Å². The van der Waals surface area contributed by atoms with Gasteiger partial charge in [0, 0.05) is 18.7 Å². The van der Waals surface area contributed by atoms with E-state index in [9.17, 15) is 4.79 Å². The third-order valence-corrected chi connectivity index (χ3v) is 2.42. The van der Waals surface area contributed by atoms with Crippen molar-refractivity contribution in [2.45, 2.75) is 18.9 Å². The van der Waals surface area contributed by atoms with Crippen LogP contribution in [0.3, 0.4) is 0 Å². The van der Waals surface area contributed by atoms with Crippen molar-refractivity contribution in [3.8, 4) is 0 Å². The second-order valence-electron chi connectivity index (χ2n) is 3.61. The molecule has 0 bridgehead atoms. The van der Waals surface area contributed by atoms with Crippen LogP contribution in [0.1, 0.15) is 11.1 Å². The Morgan fingerprint density at radius 3 is 2.56 bits per heavy atom. The van der Waals surface area contributed by atoms with Gasteiger partial charge in [0.2, 0.25) is 0 Å². The number of nitrogens with two attached hydrogens (primary N) is 2.